The number of carboxylic acid groups (broad SMARTS) is 1. The molecule has 1 aliphatic rings. The summed E-state index contributed by atoms with van der Waals surface area (Å²) in [6.45, 7) is 1.31. The molecule has 1 fully saturated rings. The van der Waals surface area contributed by atoms with E-state index in [1.54, 1.807) is 22.8 Å². The second kappa shape index (κ2) is 6.33. The summed E-state index contributed by atoms with van der Waals surface area (Å²) in [6.07, 6.45) is 6.85. The van der Waals surface area contributed by atoms with E-state index in [2.05, 4.69) is 5.10 Å². The molecule has 0 spiro atoms. The summed E-state index contributed by atoms with van der Waals surface area (Å²) < 4.78 is 3.58. The monoisotopic (exact) mass is 352 g/mol. The SMILES string of the molecule is Cn1ccn2ncc(C(=O)N3CCC(Cc4ccccc4C(=O)O)C3)c12. The highest BCUT2D eigenvalue weighted by Gasteiger charge is 2.30. The van der Waals surface area contributed by atoms with Crippen LogP contribution in [-0.4, -0.2) is 49.2 Å². The van der Waals surface area contributed by atoms with Crippen molar-refractivity contribution in [1.82, 2.24) is 19.1 Å². The van der Waals surface area contributed by atoms with Gasteiger partial charge in [-0.2, -0.15) is 5.10 Å². The first-order chi connectivity index (χ1) is 12.5. The molecule has 1 aliphatic heterocycles. The lowest BCUT2D eigenvalue weighted by molar-refractivity contribution is 0.0694. The molecule has 0 aliphatic carbocycles. The van der Waals surface area contributed by atoms with Crippen LogP contribution in [0.25, 0.3) is 5.65 Å². The van der Waals surface area contributed by atoms with Crippen molar-refractivity contribution in [2.45, 2.75) is 12.8 Å². The number of carbonyl (C=O) groups is 2. The summed E-state index contributed by atoms with van der Waals surface area (Å²) in [7, 11) is 1.89. The molecule has 3 heterocycles. The maximum absolute atomic E-state index is 12.9. The van der Waals surface area contributed by atoms with Gasteiger partial charge >= 0.3 is 5.97 Å². The molecule has 0 saturated carbocycles. The van der Waals surface area contributed by atoms with Crippen LogP contribution in [0.1, 0.15) is 32.7 Å². The third kappa shape index (κ3) is 2.75. The fraction of sp³-hybridized carbons (Fsp3) is 0.316. The van der Waals surface area contributed by atoms with Gasteiger partial charge in [-0.15, -0.1) is 0 Å². The predicted octanol–water partition coefficient (Wildman–Crippen LogP) is 2.08. The molecule has 1 amide bonds. The van der Waals surface area contributed by atoms with E-state index < -0.39 is 5.97 Å². The lowest BCUT2D eigenvalue weighted by Gasteiger charge is -2.16. The van der Waals surface area contributed by atoms with Gasteiger partial charge in [0.2, 0.25) is 0 Å². The predicted molar refractivity (Wildman–Crippen MR) is 95.3 cm³/mol. The van der Waals surface area contributed by atoms with E-state index in [-0.39, 0.29) is 11.8 Å². The maximum Gasteiger partial charge on any atom is 0.335 e. The Kier molecular flexibility index (Phi) is 3.99. The van der Waals surface area contributed by atoms with Crippen LogP contribution in [0.15, 0.2) is 42.9 Å². The van der Waals surface area contributed by atoms with E-state index in [4.69, 9.17) is 0 Å². The highest BCUT2D eigenvalue weighted by Crippen LogP contribution is 2.25. The molecule has 7 nitrogen and oxygen atoms in total. The number of hydrogen-bond donors (Lipinski definition) is 1. The molecule has 7 heteroatoms. The number of hydrogen-bond acceptors (Lipinski definition) is 3. The van der Waals surface area contributed by atoms with E-state index >= 15 is 0 Å². The standard InChI is InChI=1S/C19H20N4O3/c1-21-8-9-23-17(21)16(11-20-23)18(24)22-7-6-13(12-22)10-14-4-2-3-5-15(14)19(25)26/h2-5,8-9,11,13H,6-7,10,12H2,1H3,(H,25,26). The largest absolute Gasteiger partial charge is 0.478 e. The maximum atomic E-state index is 12.9. The Morgan fingerprint density at radius 2 is 2.04 bits per heavy atom. The zero-order valence-electron chi connectivity index (χ0n) is 14.5. The number of benzene rings is 1. The number of aromatic carboxylic acids is 1. The summed E-state index contributed by atoms with van der Waals surface area (Å²) >= 11 is 0. The molecule has 134 valence electrons. The number of aryl methyl sites for hydroxylation is 1. The van der Waals surface area contributed by atoms with Gasteiger partial charge in [0.1, 0.15) is 11.2 Å². The van der Waals surface area contributed by atoms with E-state index in [1.807, 2.05) is 41.0 Å². The van der Waals surface area contributed by atoms with Crippen LogP contribution in [0.5, 0.6) is 0 Å². The normalized spacial score (nSPS) is 17.1. The summed E-state index contributed by atoms with van der Waals surface area (Å²) in [5, 5.41) is 13.6. The van der Waals surface area contributed by atoms with Crippen molar-refractivity contribution >= 4 is 17.5 Å². The number of carboxylic acids is 1. The van der Waals surface area contributed by atoms with Gasteiger partial charge in [0.15, 0.2) is 0 Å². The molecule has 1 unspecified atom stereocenters. The van der Waals surface area contributed by atoms with Crippen molar-refractivity contribution in [3.8, 4) is 0 Å². The summed E-state index contributed by atoms with van der Waals surface area (Å²) in [4.78, 5) is 26.1. The minimum absolute atomic E-state index is 0.0178. The van der Waals surface area contributed by atoms with E-state index in [1.165, 1.54) is 0 Å². The number of nitrogens with zero attached hydrogens (tertiary/aromatic N) is 4. The van der Waals surface area contributed by atoms with E-state index in [9.17, 15) is 14.7 Å². The van der Waals surface area contributed by atoms with Crippen molar-refractivity contribution < 1.29 is 14.7 Å². The van der Waals surface area contributed by atoms with Gasteiger partial charge in [0.05, 0.1) is 11.8 Å². The first-order valence-corrected chi connectivity index (χ1v) is 8.63. The Morgan fingerprint density at radius 3 is 2.85 bits per heavy atom. The van der Waals surface area contributed by atoms with E-state index in [0.717, 1.165) is 17.6 Å². The third-order valence-corrected chi connectivity index (χ3v) is 5.09. The topological polar surface area (TPSA) is 79.8 Å². The number of carbonyl (C=O) groups excluding carboxylic acids is 1. The van der Waals surface area contributed by atoms with Crippen molar-refractivity contribution in [1.29, 1.82) is 0 Å². The minimum Gasteiger partial charge on any atom is -0.478 e. The Labute approximate surface area is 150 Å². The van der Waals surface area contributed by atoms with Gasteiger partial charge in [-0.1, -0.05) is 18.2 Å². The smallest absolute Gasteiger partial charge is 0.335 e. The van der Waals surface area contributed by atoms with Crippen LogP contribution in [0.4, 0.5) is 0 Å². The molecule has 0 bridgehead atoms. The molecule has 2 aromatic heterocycles. The number of rotatable bonds is 4. The lowest BCUT2D eigenvalue weighted by Crippen LogP contribution is -2.29. The van der Waals surface area contributed by atoms with Gasteiger partial charge in [-0.25, -0.2) is 9.31 Å². The second-order valence-corrected chi connectivity index (χ2v) is 6.81. The van der Waals surface area contributed by atoms with Crippen LogP contribution < -0.4 is 0 Å². The highest BCUT2D eigenvalue weighted by molar-refractivity contribution is 6.00. The molecular formula is C19H20N4O3. The van der Waals surface area contributed by atoms with E-state index in [0.29, 0.717) is 30.6 Å². The number of aromatic nitrogens is 3. The molecule has 3 aromatic rings. The first kappa shape index (κ1) is 16.4. The van der Waals surface area contributed by atoms with Crippen molar-refractivity contribution in [2.75, 3.05) is 13.1 Å². The molecule has 1 aromatic carbocycles. The van der Waals surface area contributed by atoms with Crippen LogP contribution in [0.2, 0.25) is 0 Å². The Bertz CT molecular complexity index is 988. The number of imidazole rings is 1. The highest BCUT2D eigenvalue weighted by atomic mass is 16.4. The fourth-order valence-electron chi connectivity index (χ4n) is 3.77. The molecule has 26 heavy (non-hydrogen) atoms. The van der Waals surface area contributed by atoms with Gasteiger partial charge in [0.25, 0.3) is 5.91 Å². The van der Waals surface area contributed by atoms with Crippen LogP contribution in [0, 0.1) is 5.92 Å². The summed E-state index contributed by atoms with van der Waals surface area (Å²) in [6, 6.07) is 7.09. The average Bonchev–Trinajstić information content (AvgIpc) is 3.33. The third-order valence-electron chi connectivity index (χ3n) is 5.09. The fourth-order valence-corrected chi connectivity index (χ4v) is 3.77. The Balaban J connectivity index is 1.50. The summed E-state index contributed by atoms with van der Waals surface area (Å²) in [5.41, 5.74) is 2.56. The Morgan fingerprint density at radius 1 is 1.23 bits per heavy atom. The Hall–Kier alpha value is -3.09. The van der Waals surface area contributed by atoms with Gasteiger partial charge < -0.3 is 14.6 Å². The zero-order valence-corrected chi connectivity index (χ0v) is 14.5. The van der Waals surface area contributed by atoms with Gasteiger partial charge in [-0.3, -0.25) is 4.79 Å². The van der Waals surface area contributed by atoms with Gasteiger partial charge in [-0.05, 0) is 30.4 Å². The lowest BCUT2D eigenvalue weighted by atomic mass is 9.95. The zero-order chi connectivity index (χ0) is 18.3. The van der Waals surface area contributed by atoms with Crippen LogP contribution in [-0.2, 0) is 13.5 Å². The summed E-state index contributed by atoms with van der Waals surface area (Å²) in [5.74, 6) is -0.660. The molecule has 1 atom stereocenters. The molecular weight excluding hydrogens is 332 g/mol. The van der Waals surface area contributed by atoms with Crippen molar-refractivity contribution in [3.63, 3.8) is 0 Å². The second-order valence-electron chi connectivity index (χ2n) is 6.81. The van der Waals surface area contributed by atoms with Crippen LogP contribution >= 0.6 is 0 Å². The molecule has 4 rings (SSSR count). The molecule has 1 N–H and O–H groups in total. The van der Waals surface area contributed by atoms with Crippen molar-refractivity contribution in [3.05, 3.63) is 59.5 Å². The number of fused-ring (bicyclic) bond motifs is 1. The molecule has 1 saturated heterocycles. The van der Waals surface area contributed by atoms with Crippen molar-refractivity contribution in [2.24, 2.45) is 13.0 Å². The number of likely N-dealkylation sites (tertiary alicyclic amines) is 1. The van der Waals surface area contributed by atoms with Gasteiger partial charge in [0, 0.05) is 32.5 Å². The first-order valence-electron chi connectivity index (χ1n) is 8.63. The van der Waals surface area contributed by atoms with Crippen LogP contribution in [0.3, 0.4) is 0 Å². The quantitative estimate of drug-likeness (QED) is 0.780. The minimum atomic E-state index is -0.905. The number of amides is 1. The molecule has 0 radical (unpaired) electrons. The average molecular weight is 352 g/mol.